The number of carboxylic acids is 4. The highest BCUT2D eigenvalue weighted by Crippen LogP contribution is 2.04. The zero-order valence-electron chi connectivity index (χ0n) is 14.6. The van der Waals surface area contributed by atoms with E-state index in [2.05, 4.69) is 0 Å². The van der Waals surface area contributed by atoms with Gasteiger partial charge in [-0.25, -0.2) is 0 Å². The Balaban J connectivity index is -0.000000380. The van der Waals surface area contributed by atoms with Crippen LogP contribution in [0.2, 0.25) is 0 Å². The van der Waals surface area contributed by atoms with E-state index in [4.69, 9.17) is 41.0 Å². The molecule has 18 heteroatoms. The first-order valence-corrected chi connectivity index (χ1v) is 10.1. The highest BCUT2D eigenvalue weighted by molar-refractivity contribution is 7.87. The highest BCUT2D eigenvalue weighted by Gasteiger charge is 2.33. The minimum Gasteiger partial charge on any atom is -0.481 e. The van der Waals surface area contributed by atoms with E-state index < -0.39 is 67.5 Å². The molecule has 29 heavy (non-hydrogen) atoms. The molecule has 0 aromatic rings. The molecule has 0 spiro atoms. The second-order valence-corrected chi connectivity index (χ2v) is 8.01. The maximum absolute atomic E-state index is 10.2. The van der Waals surface area contributed by atoms with Crippen LogP contribution < -0.4 is 11.5 Å². The fourth-order valence-corrected chi connectivity index (χ4v) is 2.29. The maximum atomic E-state index is 10.2. The molecular weight excluding hydrogens is 448 g/mol. The van der Waals surface area contributed by atoms with Gasteiger partial charge >= 0.3 is 23.9 Å². The number of hydrogen-bond acceptors (Lipinski definition) is 10. The smallest absolute Gasteiger partial charge is 0.325 e. The Morgan fingerprint density at radius 3 is 0.931 bits per heavy atom. The third kappa shape index (κ3) is 18.7. The van der Waals surface area contributed by atoms with Gasteiger partial charge in [0.2, 0.25) is 0 Å². The van der Waals surface area contributed by atoms with E-state index in [0.717, 1.165) is 19.5 Å². The standard InChI is InChI=1S/2C4H6O7S.C3H10N2/c2*5-3(6)1-2(4(7)8)12(9,10)11;4-2-1-3-5/h2*2H,1H2,(H,5,6)(H,7,8)(H,9,10,11);1-5H2. The van der Waals surface area contributed by atoms with Gasteiger partial charge in [0.1, 0.15) is 0 Å². The molecule has 16 nitrogen and oxygen atoms in total. The summed E-state index contributed by atoms with van der Waals surface area (Å²) in [6.45, 7) is 1.44. The van der Waals surface area contributed by atoms with Crippen molar-refractivity contribution in [1.29, 1.82) is 0 Å². The summed E-state index contributed by atoms with van der Waals surface area (Å²) in [6, 6.07) is 0. The lowest BCUT2D eigenvalue weighted by molar-refractivity contribution is -0.143. The molecule has 2 unspecified atom stereocenters. The summed E-state index contributed by atoms with van der Waals surface area (Å²) in [5.41, 5.74) is 10.1. The number of nitrogens with two attached hydrogens (primary N) is 2. The Bertz CT molecular complexity index is 696. The Labute approximate surface area is 164 Å². The van der Waals surface area contributed by atoms with E-state index in [9.17, 15) is 36.0 Å². The number of carbonyl (C=O) groups is 4. The summed E-state index contributed by atoms with van der Waals surface area (Å²) in [4.78, 5) is 40.0. The normalized spacial score (nSPS) is 12.8. The van der Waals surface area contributed by atoms with Crippen LogP contribution in [-0.4, -0.2) is 93.8 Å². The van der Waals surface area contributed by atoms with Crippen molar-refractivity contribution in [3.05, 3.63) is 0 Å². The first-order valence-electron chi connectivity index (χ1n) is 7.13. The van der Waals surface area contributed by atoms with Crippen LogP contribution in [0.5, 0.6) is 0 Å². The van der Waals surface area contributed by atoms with Crippen molar-refractivity contribution >= 4 is 44.1 Å². The summed E-state index contributed by atoms with van der Waals surface area (Å²) in [7, 11) is -9.68. The van der Waals surface area contributed by atoms with Crippen LogP contribution in [0.3, 0.4) is 0 Å². The zero-order chi connectivity index (χ0) is 24.0. The van der Waals surface area contributed by atoms with Gasteiger partial charge in [-0.3, -0.25) is 28.3 Å². The van der Waals surface area contributed by atoms with E-state index in [-0.39, 0.29) is 0 Å². The van der Waals surface area contributed by atoms with Crippen molar-refractivity contribution in [2.24, 2.45) is 11.5 Å². The molecule has 0 bridgehead atoms. The Kier molecular flexibility index (Phi) is 15.8. The van der Waals surface area contributed by atoms with Crippen LogP contribution in [0, 0.1) is 0 Å². The minimum absolute atomic E-state index is 0.719. The van der Waals surface area contributed by atoms with Gasteiger partial charge in [0, 0.05) is 0 Å². The summed E-state index contributed by atoms with van der Waals surface area (Å²) >= 11 is 0. The first kappa shape index (κ1) is 31.3. The van der Waals surface area contributed by atoms with Crippen LogP contribution in [-0.2, 0) is 39.4 Å². The van der Waals surface area contributed by atoms with Crippen LogP contribution in [0.1, 0.15) is 19.3 Å². The Morgan fingerprint density at radius 1 is 0.655 bits per heavy atom. The molecule has 0 amide bonds. The van der Waals surface area contributed by atoms with Crippen molar-refractivity contribution < 1.29 is 65.5 Å². The highest BCUT2D eigenvalue weighted by atomic mass is 32.2. The van der Waals surface area contributed by atoms with E-state index in [1.165, 1.54) is 0 Å². The number of carboxylic acid groups (broad SMARTS) is 4. The fraction of sp³-hybridized carbons (Fsp3) is 0.636. The average Bonchev–Trinajstić information content (AvgIpc) is 2.49. The predicted molar refractivity (Wildman–Crippen MR) is 93.2 cm³/mol. The molecule has 0 aliphatic heterocycles. The topological polar surface area (TPSA) is 310 Å². The molecule has 0 radical (unpaired) electrons. The number of hydrogen-bond donors (Lipinski definition) is 8. The van der Waals surface area contributed by atoms with Crippen molar-refractivity contribution in [2.75, 3.05) is 13.1 Å². The largest absolute Gasteiger partial charge is 0.481 e. The average molecular weight is 470 g/mol. The Hall–Kier alpha value is -2.38. The second kappa shape index (κ2) is 14.6. The zero-order valence-corrected chi connectivity index (χ0v) is 16.2. The van der Waals surface area contributed by atoms with Gasteiger partial charge in [-0.15, -0.1) is 0 Å². The summed E-state index contributed by atoms with van der Waals surface area (Å²) in [5.74, 6) is -7.00. The van der Waals surface area contributed by atoms with Crippen molar-refractivity contribution in [1.82, 2.24) is 0 Å². The third-order valence-corrected chi connectivity index (χ3v) is 4.57. The predicted octanol–water partition coefficient (Wildman–Crippen LogP) is -3.10. The van der Waals surface area contributed by atoms with Crippen molar-refractivity contribution in [2.45, 2.75) is 29.8 Å². The lowest BCUT2D eigenvalue weighted by Crippen LogP contribution is -2.31. The monoisotopic (exact) mass is 470 g/mol. The van der Waals surface area contributed by atoms with Crippen LogP contribution in [0.25, 0.3) is 0 Å². The minimum atomic E-state index is -4.84. The summed E-state index contributed by atoms with van der Waals surface area (Å²) in [6.07, 6.45) is -1.37. The fourth-order valence-electron chi connectivity index (χ4n) is 1.08. The molecule has 10 N–H and O–H groups in total. The summed E-state index contributed by atoms with van der Waals surface area (Å²) in [5, 5.41) is 27.8. The molecule has 0 rings (SSSR count). The SMILES string of the molecule is NCCCN.O=C(O)CC(C(=O)O)S(=O)(=O)O.O=C(O)CC(C(=O)O)S(=O)(=O)O. The van der Waals surface area contributed by atoms with Gasteiger partial charge in [0.05, 0.1) is 12.8 Å². The van der Waals surface area contributed by atoms with Crippen LogP contribution >= 0.6 is 0 Å². The first-order chi connectivity index (χ1) is 12.9. The Morgan fingerprint density at radius 2 is 0.897 bits per heavy atom. The lowest BCUT2D eigenvalue weighted by Gasteiger charge is -2.04. The second-order valence-electron chi connectivity index (χ2n) is 4.81. The molecule has 0 heterocycles. The van der Waals surface area contributed by atoms with Crippen LogP contribution in [0.4, 0.5) is 0 Å². The number of aliphatic carboxylic acids is 4. The molecule has 0 saturated heterocycles. The van der Waals surface area contributed by atoms with Gasteiger partial charge in [-0.2, -0.15) is 16.8 Å². The van der Waals surface area contributed by atoms with E-state index >= 15 is 0 Å². The maximum Gasteiger partial charge on any atom is 0.325 e. The van der Waals surface area contributed by atoms with Gasteiger partial charge in [-0.1, -0.05) is 0 Å². The quantitative estimate of drug-likeness (QED) is 0.146. The summed E-state index contributed by atoms with van der Waals surface area (Å²) < 4.78 is 57.3. The van der Waals surface area contributed by atoms with E-state index in [1.54, 1.807) is 0 Å². The molecule has 0 aromatic heterocycles. The van der Waals surface area contributed by atoms with Gasteiger partial charge < -0.3 is 31.9 Å². The van der Waals surface area contributed by atoms with E-state index in [1.807, 2.05) is 0 Å². The van der Waals surface area contributed by atoms with Gasteiger partial charge in [0.25, 0.3) is 20.2 Å². The molecular formula is C11H22N2O14S2. The molecule has 0 aliphatic carbocycles. The molecule has 0 aromatic carbocycles. The number of rotatable bonds is 10. The van der Waals surface area contributed by atoms with Gasteiger partial charge in [-0.05, 0) is 19.5 Å². The van der Waals surface area contributed by atoms with Crippen molar-refractivity contribution in [3.63, 3.8) is 0 Å². The molecule has 0 aliphatic rings. The molecule has 172 valence electrons. The lowest BCUT2D eigenvalue weighted by atomic mass is 10.3. The third-order valence-electron chi connectivity index (χ3n) is 2.40. The van der Waals surface area contributed by atoms with Crippen molar-refractivity contribution in [3.8, 4) is 0 Å². The van der Waals surface area contributed by atoms with Gasteiger partial charge in [0.15, 0.2) is 10.5 Å². The van der Waals surface area contributed by atoms with E-state index in [0.29, 0.717) is 0 Å². The molecule has 0 fully saturated rings. The molecule has 0 saturated carbocycles. The molecule has 2 atom stereocenters. The van der Waals surface area contributed by atoms with Crippen LogP contribution in [0.15, 0.2) is 0 Å².